The summed E-state index contributed by atoms with van der Waals surface area (Å²) in [5, 5.41) is 14.4. The third-order valence-corrected chi connectivity index (χ3v) is 5.04. The van der Waals surface area contributed by atoms with Crippen molar-refractivity contribution in [3.05, 3.63) is 39.1 Å². The van der Waals surface area contributed by atoms with E-state index in [1.165, 1.54) is 15.9 Å². The molecule has 0 N–H and O–H groups in total. The molecule has 4 aromatic heterocycles. The maximum atomic E-state index is 12.4. The molecule has 0 bridgehead atoms. The maximum Gasteiger partial charge on any atom is 0.272 e. The predicted octanol–water partition coefficient (Wildman–Crippen LogP) is 1.88. The highest BCUT2D eigenvalue weighted by atomic mass is 32.1. The summed E-state index contributed by atoms with van der Waals surface area (Å²) >= 11 is 1.43. The Morgan fingerprint density at radius 3 is 2.83 bits per heavy atom. The average Bonchev–Trinajstić information content (AvgIpc) is 3.24. The zero-order valence-corrected chi connectivity index (χ0v) is 14.6. The monoisotopic (exact) mass is 344 g/mol. The highest BCUT2D eigenvalue weighted by molar-refractivity contribution is 7.17. The van der Waals surface area contributed by atoms with Crippen LogP contribution >= 0.6 is 11.3 Å². The number of aryl methyl sites for hydroxylation is 3. The van der Waals surface area contributed by atoms with Crippen LogP contribution in [0.2, 0.25) is 0 Å². The summed E-state index contributed by atoms with van der Waals surface area (Å²) in [5.41, 5.74) is 2.56. The van der Waals surface area contributed by atoms with Crippen LogP contribution in [0, 0.1) is 13.8 Å². The fraction of sp³-hybridized carbons (Fsp3) is 0.333. The van der Waals surface area contributed by atoms with Gasteiger partial charge in [-0.25, -0.2) is 0 Å². The van der Waals surface area contributed by atoms with Crippen LogP contribution in [0.4, 0.5) is 5.69 Å². The second kappa shape index (κ2) is 5.17. The van der Waals surface area contributed by atoms with Gasteiger partial charge in [-0.15, -0.1) is 21.5 Å². The Balaban J connectivity index is 1.88. The van der Waals surface area contributed by atoms with Gasteiger partial charge in [0.15, 0.2) is 11.6 Å². The number of aromatic nitrogens is 5. The van der Waals surface area contributed by atoms with E-state index in [1.807, 2.05) is 41.6 Å². The minimum Gasteiger partial charge on any atom is -0.363 e. The number of fused-ring (bicyclic) bond motifs is 3. The van der Waals surface area contributed by atoms with E-state index in [0.717, 1.165) is 28.5 Å². The molecule has 4 aromatic rings. The second-order valence-electron chi connectivity index (χ2n) is 5.78. The molecule has 24 heavy (non-hydrogen) atoms. The van der Waals surface area contributed by atoms with Crippen molar-refractivity contribution in [3.63, 3.8) is 0 Å². The van der Waals surface area contributed by atoms with Gasteiger partial charge >= 0.3 is 0 Å². The minimum absolute atomic E-state index is 0.0504. The van der Waals surface area contributed by atoms with E-state index in [1.54, 1.807) is 7.05 Å². The van der Waals surface area contributed by atoms with Gasteiger partial charge in [0, 0.05) is 14.1 Å². The topological polar surface area (TPSA) is 81.5 Å². The first-order valence-corrected chi connectivity index (χ1v) is 8.31. The van der Waals surface area contributed by atoms with Crippen molar-refractivity contribution in [1.29, 1.82) is 0 Å². The van der Waals surface area contributed by atoms with E-state index in [4.69, 9.17) is 4.52 Å². The smallest absolute Gasteiger partial charge is 0.272 e. The molecule has 0 aliphatic rings. The number of nitrogens with zero attached hydrogens (tertiary/aromatic N) is 6. The van der Waals surface area contributed by atoms with Crippen molar-refractivity contribution in [2.24, 2.45) is 7.05 Å². The van der Waals surface area contributed by atoms with E-state index >= 15 is 0 Å². The molecule has 0 saturated carbocycles. The van der Waals surface area contributed by atoms with Crippen molar-refractivity contribution in [2.75, 3.05) is 11.9 Å². The predicted molar refractivity (Wildman–Crippen MR) is 91.7 cm³/mol. The van der Waals surface area contributed by atoms with Gasteiger partial charge in [0.05, 0.1) is 12.1 Å². The van der Waals surface area contributed by atoms with Gasteiger partial charge in [-0.3, -0.25) is 13.8 Å². The lowest BCUT2D eigenvalue weighted by Gasteiger charge is -2.17. The Bertz CT molecular complexity index is 1100. The Kier molecular flexibility index (Phi) is 3.20. The van der Waals surface area contributed by atoms with Gasteiger partial charge in [-0.05, 0) is 25.3 Å². The van der Waals surface area contributed by atoms with Crippen molar-refractivity contribution in [2.45, 2.75) is 20.4 Å². The summed E-state index contributed by atoms with van der Waals surface area (Å²) in [5.74, 6) is 2.05. The molecular formula is C15H16N6O2S. The number of rotatable bonds is 3. The SMILES string of the molecule is Cc1noc(C)c1N(C)Cc1nnc2n(C)c(=O)c3sccc3n12. The Morgan fingerprint density at radius 2 is 2.12 bits per heavy atom. The Morgan fingerprint density at radius 1 is 1.33 bits per heavy atom. The second-order valence-corrected chi connectivity index (χ2v) is 6.70. The molecule has 0 unspecified atom stereocenters. The summed E-state index contributed by atoms with van der Waals surface area (Å²) in [4.78, 5) is 14.4. The molecule has 0 aromatic carbocycles. The van der Waals surface area contributed by atoms with E-state index in [2.05, 4.69) is 15.4 Å². The van der Waals surface area contributed by atoms with Crippen LogP contribution in [0.25, 0.3) is 16.0 Å². The van der Waals surface area contributed by atoms with Gasteiger partial charge in [0.25, 0.3) is 5.56 Å². The van der Waals surface area contributed by atoms with Crippen LogP contribution in [0.1, 0.15) is 17.3 Å². The van der Waals surface area contributed by atoms with E-state index in [-0.39, 0.29) is 5.56 Å². The molecule has 0 aliphatic carbocycles. The van der Waals surface area contributed by atoms with E-state index in [0.29, 0.717) is 17.0 Å². The molecular weight excluding hydrogens is 328 g/mol. The summed E-state index contributed by atoms with van der Waals surface area (Å²) in [7, 11) is 3.67. The maximum absolute atomic E-state index is 12.4. The molecule has 4 heterocycles. The molecule has 0 atom stereocenters. The molecule has 0 fully saturated rings. The first-order chi connectivity index (χ1) is 11.5. The summed E-state index contributed by atoms with van der Waals surface area (Å²) < 4.78 is 9.40. The van der Waals surface area contributed by atoms with Gasteiger partial charge in [0.2, 0.25) is 5.78 Å². The van der Waals surface area contributed by atoms with E-state index < -0.39 is 0 Å². The average molecular weight is 344 g/mol. The lowest BCUT2D eigenvalue weighted by molar-refractivity contribution is 0.393. The highest BCUT2D eigenvalue weighted by Gasteiger charge is 2.19. The molecule has 0 aliphatic heterocycles. The summed E-state index contributed by atoms with van der Waals surface area (Å²) in [6, 6.07) is 1.93. The number of hydrogen-bond donors (Lipinski definition) is 0. The van der Waals surface area contributed by atoms with Crippen molar-refractivity contribution < 1.29 is 4.52 Å². The zero-order chi connectivity index (χ0) is 17.0. The third-order valence-electron chi connectivity index (χ3n) is 4.15. The molecule has 0 saturated heterocycles. The number of hydrogen-bond acceptors (Lipinski definition) is 7. The van der Waals surface area contributed by atoms with E-state index in [9.17, 15) is 4.79 Å². The Hall–Kier alpha value is -2.68. The van der Waals surface area contributed by atoms with Gasteiger partial charge in [-0.1, -0.05) is 5.16 Å². The fourth-order valence-corrected chi connectivity index (χ4v) is 3.92. The van der Waals surface area contributed by atoms with Crippen LogP contribution in [-0.2, 0) is 13.6 Å². The number of thiophene rings is 1. The van der Waals surface area contributed by atoms with Crippen molar-refractivity contribution in [3.8, 4) is 0 Å². The third kappa shape index (κ3) is 1.97. The molecule has 124 valence electrons. The molecule has 4 rings (SSSR count). The summed E-state index contributed by atoms with van der Waals surface area (Å²) in [6.07, 6.45) is 0. The van der Waals surface area contributed by atoms with Gasteiger partial charge < -0.3 is 9.42 Å². The fourth-order valence-electron chi connectivity index (χ4n) is 3.07. The highest BCUT2D eigenvalue weighted by Crippen LogP contribution is 2.25. The minimum atomic E-state index is -0.0504. The van der Waals surface area contributed by atoms with Crippen molar-refractivity contribution >= 4 is 33.0 Å². The zero-order valence-electron chi connectivity index (χ0n) is 13.8. The Labute approximate surface area is 140 Å². The first kappa shape index (κ1) is 14.9. The lowest BCUT2D eigenvalue weighted by atomic mass is 10.3. The lowest BCUT2D eigenvalue weighted by Crippen LogP contribution is -2.22. The largest absolute Gasteiger partial charge is 0.363 e. The first-order valence-electron chi connectivity index (χ1n) is 7.43. The molecule has 0 radical (unpaired) electrons. The molecule has 0 spiro atoms. The standard InChI is InChI=1S/C15H16N6O2S/c1-8-12(9(2)23-18-8)19(3)7-11-16-17-15-20(4)14(22)13-10(21(11)15)5-6-24-13/h5-6H,7H2,1-4H3. The van der Waals surface area contributed by atoms with Crippen LogP contribution in [-0.4, -0.2) is 31.4 Å². The van der Waals surface area contributed by atoms with Crippen LogP contribution in [0.3, 0.4) is 0 Å². The molecule has 9 heteroatoms. The normalized spacial score (nSPS) is 11.7. The van der Waals surface area contributed by atoms with Crippen LogP contribution < -0.4 is 10.5 Å². The quantitative estimate of drug-likeness (QED) is 0.564. The number of anilines is 1. The van der Waals surface area contributed by atoms with Crippen LogP contribution in [0.15, 0.2) is 20.8 Å². The van der Waals surface area contributed by atoms with Crippen molar-refractivity contribution in [1.82, 2.24) is 24.3 Å². The molecule has 8 nitrogen and oxygen atoms in total. The van der Waals surface area contributed by atoms with Gasteiger partial charge in [0.1, 0.15) is 16.1 Å². The van der Waals surface area contributed by atoms with Gasteiger partial charge in [-0.2, -0.15) is 0 Å². The van der Waals surface area contributed by atoms with Crippen LogP contribution in [0.5, 0.6) is 0 Å². The summed E-state index contributed by atoms with van der Waals surface area (Å²) in [6.45, 7) is 4.31. The molecule has 0 amide bonds.